The minimum Gasteiger partial charge on any atom is -0.253 e. The molecule has 4 rings (SSSR count). The molecule has 0 saturated carbocycles. The molecule has 0 aliphatic carbocycles. The van der Waals surface area contributed by atoms with Crippen molar-refractivity contribution in [2.45, 2.75) is 27.2 Å². The number of H-pyrrole nitrogens is 1. The van der Waals surface area contributed by atoms with Crippen molar-refractivity contribution in [1.29, 1.82) is 0 Å². The summed E-state index contributed by atoms with van der Waals surface area (Å²) in [7, 11) is 0. The monoisotopic (exact) mass is 537 g/mol. The second-order valence-electron chi connectivity index (χ2n) is 5.81. The SMILES string of the molecule is Cc1cc(I)cc(-c2n[nH]c(Sc3cc(Cl)nc(Sc4ccccc4)n3)n2)c1. The van der Waals surface area contributed by atoms with E-state index in [1.165, 1.54) is 29.1 Å². The molecular formula is C19H13ClIN5S2. The molecule has 0 fully saturated rings. The van der Waals surface area contributed by atoms with Crippen LogP contribution in [0.3, 0.4) is 0 Å². The first kappa shape index (κ1) is 19.7. The van der Waals surface area contributed by atoms with E-state index in [2.05, 4.69) is 72.9 Å². The van der Waals surface area contributed by atoms with Crippen LogP contribution in [-0.4, -0.2) is 25.1 Å². The molecule has 140 valence electrons. The van der Waals surface area contributed by atoms with Gasteiger partial charge >= 0.3 is 0 Å². The topological polar surface area (TPSA) is 67.3 Å². The molecule has 0 aliphatic heterocycles. The van der Waals surface area contributed by atoms with Gasteiger partial charge in [-0.05, 0) is 88.9 Å². The molecule has 0 unspecified atom stereocenters. The van der Waals surface area contributed by atoms with Crippen molar-refractivity contribution in [3.8, 4) is 11.4 Å². The smallest absolute Gasteiger partial charge is 0.194 e. The molecule has 0 radical (unpaired) electrons. The van der Waals surface area contributed by atoms with Crippen molar-refractivity contribution in [2.75, 3.05) is 0 Å². The highest BCUT2D eigenvalue weighted by Gasteiger charge is 2.12. The van der Waals surface area contributed by atoms with Crippen LogP contribution >= 0.6 is 57.7 Å². The fourth-order valence-electron chi connectivity index (χ4n) is 2.46. The minimum absolute atomic E-state index is 0.393. The molecule has 4 aromatic rings. The van der Waals surface area contributed by atoms with E-state index in [0.29, 0.717) is 26.3 Å². The van der Waals surface area contributed by atoms with E-state index in [4.69, 9.17) is 11.6 Å². The zero-order valence-electron chi connectivity index (χ0n) is 14.6. The Hall–Kier alpha value is -1.62. The molecule has 0 saturated heterocycles. The van der Waals surface area contributed by atoms with Gasteiger partial charge in [-0.1, -0.05) is 29.8 Å². The molecule has 0 aliphatic rings. The Balaban J connectivity index is 1.55. The highest BCUT2D eigenvalue weighted by molar-refractivity contribution is 14.1. The minimum atomic E-state index is 0.393. The average molecular weight is 538 g/mol. The van der Waals surface area contributed by atoms with Crippen LogP contribution in [0.5, 0.6) is 0 Å². The Morgan fingerprint density at radius 3 is 2.57 bits per heavy atom. The van der Waals surface area contributed by atoms with Crippen molar-refractivity contribution in [3.63, 3.8) is 0 Å². The van der Waals surface area contributed by atoms with Gasteiger partial charge in [-0.3, -0.25) is 5.10 Å². The molecule has 2 aromatic carbocycles. The van der Waals surface area contributed by atoms with E-state index >= 15 is 0 Å². The lowest BCUT2D eigenvalue weighted by Crippen LogP contribution is -1.90. The van der Waals surface area contributed by atoms with Crippen LogP contribution in [0.4, 0.5) is 0 Å². The Kier molecular flexibility index (Phi) is 6.19. The van der Waals surface area contributed by atoms with Crippen LogP contribution in [0.2, 0.25) is 5.15 Å². The van der Waals surface area contributed by atoms with Crippen molar-refractivity contribution < 1.29 is 0 Å². The van der Waals surface area contributed by atoms with Crippen molar-refractivity contribution in [2.24, 2.45) is 0 Å². The number of benzene rings is 2. The van der Waals surface area contributed by atoms with E-state index in [1.807, 2.05) is 30.3 Å². The maximum absolute atomic E-state index is 6.19. The molecule has 2 heterocycles. The third-order valence-electron chi connectivity index (χ3n) is 3.57. The van der Waals surface area contributed by atoms with Crippen LogP contribution in [0.15, 0.2) is 74.8 Å². The van der Waals surface area contributed by atoms with E-state index < -0.39 is 0 Å². The molecule has 5 nitrogen and oxygen atoms in total. The van der Waals surface area contributed by atoms with Gasteiger partial charge in [0.05, 0.1) is 0 Å². The Bertz CT molecular complexity index is 1100. The normalized spacial score (nSPS) is 11.0. The lowest BCUT2D eigenvalue weighted by Gasteiger charge is -2.03. The number of aromatic nitrogens is 5. The lowest BCUT2D eigenvalue weighted by molar-refractivity contribution is 0.885. The van der Waals surface area contributed by atoms with Gasteiger partial charge in [0.1, 0.15) is 10.2 Å². The first-order chi connectivity index (χ1) is 13.5. The number of hydrogen-bond donors (Lipinski definition) is 1. The maximum atomic E-state index is 6.19. The van der Waals surface area contributed by atoms with Gasteiger partial charge in [0.25, 0.3) is 0 Å². The molecule has 2 aromatic heterocycles. The van der Waals surface area contributed by atoms with E-state index in [9.17, 15) is 0 Å². The molecule has 9 heteroatoms. The molecule has 0 bridgehead atoms. The van der Waals surface area contributed by atoms with Gasteiger partial charge in [-0.15, -0.1) is 0 Å². The number of halogens is 2. The summed E-state index contributed by atoms with van der Waals surface area (Å²) in [4.78, 5) is 14.5. The summed E-state index contributed by atoms with van der Waals surface area (Å²) in [5.74, 6) is 0.656. The lowest BCUT2D eigenvalue weighted by atomic mass is 10.1. The summed E-state index contributed by atoms with van der Waals surface area (Å²) in [5, 5.41) is 9.65. The van der Waals surface area contributed by atoms with Crippen LogP contribution in [-0.2, 0) is 0 Å². The van der Waals surface area contributed by atoms with Gasteiger partial charge in [-0.25, -0.2) is 15.0 Å². The van der Waals surface area contributed by atoms with Crippen molar-refractivity contribution in [1.82, 2.24) is 25.1 Å². The fourth-order valence-corrected chi connectivity index (χ4v) is 5.15. The van der Waals surface area contributed by atoms with Gasteiger partial charge in [0, 0.05) is 20.1 Å². The quantitative estimate of drug-likeness (QED) is 0.188. The van der Waals surface area contributed by atoms with Crippen LogP contribution in [0, 0.1) is 10.5 Å². The van der Waals surface area contributed by atoms with Gasteiger partial charge in [0.2, 0.25) is 0 Å². The third-order valence-corrected chi connectivity index (χ3v) is 6.05. The van der Waals surface area contributed by atoms with E-state index in [0.717, 1.165) is 14.0 Å². The first-order valence-corrected chi connectivity index (χ1v) is 11.3. The summed E-state index contributed by atoms with van der Waals surface area (Å²) in [5.41, 5.74) is 2.15. The Morgan fingerprint density at radius 1 is 0.964 bits per heavy atom. The van der Waals surface area contributed by atoms with Gasteiger partial charge in [0.15, 0.2) is 16.1 Å². The largest absolute Gasteiger partial charge is 0.253 e. The van der Waals surface area contributed by atoms with Gasteiger partial charge in [-0.2, -0.15) is 5.10 Å². The molecule has 0 spiro atoms. The van der Waals surface area contributed by atoms with Gasteiger partial charge < -0.3 is 0 Å². The van der Waals surface area contributed by atoms with E-state index in [1.54, 1.807) is 6.07 Å². The second-order valence-corrected chi connectivity index (χ2v) is 9.49. The highest BCUT2D eigenvalue weighted by Crippen LogP contribution is 2.31. The predicted molar refractivity (Wildman–Crippen MR) is 121 cm³/mol. The maximum Gasteiger partial charge on any atom is 0.194 e. The summed E-state index contributed by atoms with van der Waals surface area (Å²) in [6.45, 7) is 2.06. The number of aromatic amines is 1. The van der Waals surface area contributed by atoms with Crippen molar-refractivity contribution >= 4 is 57.7 Å². The summed E-state index contributed by atoms with van der Waals surface area (Å²) in [6, 6.07) is 17.9. The number of aryl methyl sites for hydroxylation is 1. The molecular weight excluding hydrogens is 525 g/mol. The number of nitrogens with one attached hydrogen (secondary N) is 1. The third kappa shape index (κ3) is 5.05. The Labute approximate surface area is 189 Å². The van der Waals surface area contributed by atoms with Crippen LogP contribution in [0.1, 0.15) is 5.56 Å². The number of rotatable bonds is 5. The molecule has 0 amide bonds. The highest BCUT2D eigenvalue weighted by atomic mass is 127. The molecule has 28 heavy (non-hydrogen) atoms. The summed E-state index contributed by atoms with van der Waals surface area (Å²) >= 11 is 11.3. The first-order valence-electron chi connectivity index (χ1n) is 8.20. The van der Waals surface area contributed by atoms with Crippen LogP contribution < -0.4 is 0 Å². The summed E-state index contributed by atoms with van der Waals surface area (Å²) < 4.78 is 1.15. The van der Waals surface area contributed by atoms with Crippen LogP contribution in [0.25, 0.3) is 11.4 Å². The standard InChI is InChI=1S/C19H13ClIN5S2/c1-11-7-12(9-13(21)8-11)17-24-19(26-25-17)28-16-10-15(20)22-18(23-16)27-14-5-3-2-4-6-14/h2-10H,1H3,(H,24,25,26). The Morgan fingerprint density at radius 2 is 1.79 bits per heavy atom. The summed E-state index contributed by atoms with van der Waals surface area (Å²) in [6.07, 6.45) is 0. The number of nitrogens with zero attached hydrogens (tertiary/aromatic N) is 4. The van der Waals surface area contributed by atoms with E-state index in [-0.39, 0.29) is 0 Å². The zero-order valence-corrected chi connectivity index (χ0v) is 19.1. The predicted octanol–water partition coefficient (Wildman–Crippen LogP) is 6.13. The molecule has 0 atom stereocenters. The second kappa shape index (κ2) is 8.81. The zero-order chi connectivity index (χ0) is 19.5. The fraction of sp³-hybridized carbons (Fsp3) is 0.0526. The number of hydrogen-bond acceptors (Lipinski definition) is 6. The van der Waals surface area contributed by atoms with Crippen molar-refractivity contribution in [3.05, 3.63) is 68.9 Å². The average Bonchev–Trinajstić information content (AvgIpc) is 3.10. The molecule has 1 N–H and O–H groups in total.